The predicted molar refractivity (Wildman–Crippen MR) is 97.7 cm³/mol. The molecule has 2 aliphatic rings. The van der Waals surface area contributed by atoms with E-state index in [1.54, 1.807) is 24.3 Å². The number of carbonyl (C=O) groups excluding carboxylic acids is 1. The standard InChI is InChI=1S/C19H28N2O3S/c1-14-9-11-16(12-10-14)25(23,24)21-13-5-8-18(21)19(22)20-17-7-4-3-6-15(17)2/h9-12,15,17-18H,3-8,13H2,1-2H3,(H,20,22)/t15-,17-,18-/m1/s1. The van der Waals surface area contributed by atoms with E-state index >= 15 is 0 Å². The Morgan fingerprint density at radius 3 is 2.44 bits per heavy atom. The number of nitrogens with one attached hydrogen (secondary N) is 1. The number of aryl methyl sites for hydroxylation is 1. The van der Waals surface area contributed by atoms with Crippen LogP contribution in [-0.2, 0) is 14.8 Å². The second-order valence-electron chi connectivity index (χ2n) is 7.46. The molecule has 3 rings (SSSR count). The highest BCUT2D eigenvalue weighted by Gasteiger charge is 2.40. The van der Waals surface area contributed by atoms with Crippen LogP contribution in [0.5, 0.6) is 0 Å². The molecular formula is C19H28N2O3S. The molecular weight excluding hydrogens is 336 g/mol. The molecule has 1 N–H and O–H groups in total. The minimum absolute atomic E-state index is 0.132. The number of hydrogen-bond donors (Lipinski definition) is 1. The summed E-state index contributed by atoms with van der Waals surface area (Å²) in [6.07, 6.45) is 5.78. The second kappa shape index (κ2) is 7.46. The van der Waals surface area contributed by atoms with Crippen LogP contribution in [0.25, 0.3) is 0 Å². The Balaban J connectivity index is 1.75. The molecule has 0 bridgehead atoms. The van der Waals surface area contributed by atoms with Gasteiger partial charge >= 0.3 is 0 Å². The minimum Gasteiger partial charge on any atom is -0.352 e. The van der Waals surface area contributed by atoms with Crippen molar-refractivity contribution in [3.8, 4) is 0 Å². The normalized spacial score (nSPS) is 28.0. The smallest absolute Gasteiger partial charge is 0.243 e. The van der Waals surface area contributed by atoms with Crippen molar-refractivity contribution >= 4 is 15.9 Å². The summed E-state index contributed by atoms with van der Waals surface area (Å²) in [5.41, 5.74) is 1.01. The number of amides is 1. The van der Waals surface area contributed by atoms with Crippen LogP contribution in [0.3, 0.4) is 0 Å². The van der Waals surface area contributed by atoms with Crippen molar-refractivity contribution in [3.05, 3.63) is 29.8 Å². The van der Waals surface area contributed by atoms with Crippen LogP contribution < -0.4 is 5.32 Å². The Morgan fingerprint density at radius 2 is 1.76 bits per heavy atom. The number of benzene rings is 1. The molecule has 1 saturated heterocycles. The van der Waals surface area contributed by atoms with E-state index in [0.717, 1.165) is 31.2 Å². The van der Waals surface area contributed by atoms with Crippen LogP contribution in [0.1, 0.15) is 51.0 Å². The van der Waals surface area contributed by atoms with Gasteiger partial charge in [-0.3, -0.25) is 4.79 Å². The van der Waals surface area contributed by atoms with Crippen molar-refractivity contribution in [2.75, 3.05) is 6.54 Å². The van der Waals surface area contributed by atoms with E-state index in [1.165, 1.54) is 10.7 Å². The maximum atomic E-state index is 13.0. The summed E-state index contributed by atoms with van der Waals surface area (Å²) >= 11 is 0. The fraction of sp³-hybridized carbons (Fsp3) is 0.632. The van der Waals surface area contributed by atoms with Gasteiger partial charge in [-0.25, -0.2) is 8.42 Å². The van der Waals surface area contributed by atoms with E-state index in [0.29, 0.717) is 18.9 Å². The number of hydrogen-bond acceptors (Lipinski definition) is 3. The van der Waals surface area contributed by atoms with Crippen molar-refractivity contribution in [3.63, 3.8) is 0 Å². The first-order valence-electron chi connectivity index (χ1n) is 9.28. The minimum atomic E-state index is -3.63. The van der Waals surface area contributed by atoms with E-state index in [1.807, 2.05) is 6.92 Å². The fourth-order valence-corrected chi connectivity index (χ4v) is 5.60. The van der Waals surface area contributed by atoms with Gasteiger partial charge in [0.15, 0.2) is 0 Å². The zero-order valence-electron chi connectivity index (χ0n) is 15.1. The Labute approximate surface area is 150 Å². The highest BCUT2D eigenvalue weighted by molar-refractivity contribution is 7.89. The summed E-state index contributed by atoms with van der Waals surface area (Å²) in [4.78, 5) is 13.1. The zero-order chi connectivity index (χ0) is 18.0. The summed E-state index contributed by atoms with van der Waals surface area (Å²) in [6, 6.07) is 6.43. The van der Waals surface area contributed by atoms with Crippen molar-refractivity contribution in [1.82, 2.24) is 9.62 Å². The number of nitrogens with zero attached hydrogens (tertiary/aromatic N) is 1. The van der Waals surface area contributed by atoms with Crippen molar-refractivity contribution in [1.29, 1.82) is 0 Å². The first-order chi connectivity index (χ1) is 11.9. The van der Waals surface area contributed by atoms with Crippen LogP contribution >= 0.6 is 0 Å². The largest absolute Gasteiger partial charge is 0.352 e. The average Bonchev–Trinajstić information content (AvgIpc) is 3.08. The summed E-state index contributed by atoms with van der Waals surface area (Å²) in [5.74, 6) is 0.327. The summed E-state index contributed by atoms with van der Waals surface area (Å²) in [5, 5.41) is 3.13. The molecule has 0 radical (unpaired) electrons. The molecule has 5 nitrogen and oxygen atoms in total. The van der Waals surface area contributed by atoms with Gasteiger partial charge in [0.05, 0.1) is 4.90 Å². The third-order valence-electron chi connectivity index (χ3n) is 5.57. The van der Waals surface area contributed by atoms with Gasteiger partial charge in [0.1, 0.15) is 6.04 Å². The van der Waals surface area contributed by atoms with Crippen molar-refractivity contribution in [2.24, 2.45) is 5.92 Å². The lowest BCUT2D eigenvalue weighted by molar-refractivity contribution is -0.125. The predicted octanol–water partition coefficient (Wildman–Crippen LogP) is 2.84. The lowest BCUT2D eigenvalue weighted by Crippen LogP contribution is -2.50. The quantitative estimate of drug-likeness (QED) is 0.893. The maximum absolute atomic E-state index is 13.0. The van der Waals surface area contributed by atoms with Crippen LogP contribution in [0.4, 0.5) is 0 Å². The van der Waals surface area contributed by atoms with Gasteiger partial charge in [0.2, 0.25) is 15.9 Å². The first-order valence-corrected chi connectivity index (χ1v) is 10.7. The van der Waals surface area contributed by atoms with Gasteiger partial charge in [-0.1, -0.05) is 37.5 Å². The van der Waals surface area contributed by atoms with E-state index < -0.39 is 16.1 Å². The van der Waals surface area contributed by atoms with Gasteiger partial charge in [-0.05, 0) is 50.7 Å². The monoisotopic (exact) mass is 364 g/mol. The molecule has 1 aliphatic heterocycles. The SMILES string of the molecule is Cc1ccc(S(=O)(=O)N2CCC[C@@H]2C(=O)N[C@@H]2CCCC[C@H]2C)cc1. The molecule has 1 saturated carbocycles. The third kappa shape index (κ3) is 3.90. The Hall–Kier alpha value is -1.40. The summed E-state index contributed by atoms with van der Waals surface area (Å²) < 4.78 is 27.3. The lowest BCUT2D eigenvalue weighted by Gasteiger charge is -2.32. The third-order valence-corrected chi connectivity index (χ3v) is 7.50. The molecule has 6 heteroatoms. The van der Waals surface area contributed by atoms with E-state index in [2.05, 4.69) is 12.2 Å². The van der Waals surface area contributed by atoms with E-state index in [9.17, 15) is 13.2 Å². The highest BCUT2D eigenvalue weighted by atomic mass is 32.2. The van der Waals surface area contributed by atoms with Gasteiger partial charge in [-0.15, -0.1) is 0 Å². The first kappa shape index (κ1) is 18.4. The van der Waals surface area contributed by atoms with Crippen LogP contribution in [0.15, 0.2) is 29.2 Å². The maximum Gasteiger partial charge on any atom is 0.243 e. The molecule has 138 valence electrons. The summed E-state index contributed by atoms with van der Waals surface area (Å²) in [6.45, 7) is 4.50. The van der Waals surface area contributed by atoms with E-state index in [-0.39, 0.29) is 16.8 Å². The molecule has 1 aromatic rings. The van der Waals surface area contributed by atoms with Crippen LogP contribution in [-0.4, -0.2) is 37.3 Å². The molecule has 2 fully saturated rings. The Bertz CT molecular complexity index is 715. The molecule has 0 aromatic heterocycles. The molecule has 1 aromatic carbocycles. The Morgan fingerprint density at radius 1 is 1.08 bits per heavy atom. The molecule has 1 heterocycles. The lowest BCUT2D eigenvalue weighted by atomic mass is 9.86. The second-order valence-corrected chi connectivity index (χ2v) is 9.35. The molecule has 25 heavy (non-hydrogen) atoms. The van der Waals surface area contributed by atoms with Crippen molar-refractivity contribution in [2.45, 2.75) is 69.4 Å². The van der Waals surface area contributed by atoms with Gasteiger partial charge < -0.3 is 5.32 Å². The van der Waals surface area contributed by atoms with Gasteiger partial charge in [0.25, 0.3) is 0 Å². The molecule has 0 spiro atoms. The number of rotatable bonds is 4. The van der Waals surface area contributed by atoms with Crippen LogP contribution in [0, 0.1) is 12.8 Å². The molecule has 1 aliphatic carbocycles. The van der Waals surface area contributed by atoms with Crippen LogP contribution in [0.2, 0.25) is 0 Å². The van der Waals surface area contributed by atoms with Gasteiger partial charge in [0, 0.05) is 12.6 Å². The summed E-state index contributed by atoms with van der Waals surface area (Å²) in [7, 11) is -3.63. The molecule has 3 atom stereocenters. The molecule has 1 amide bonds. The fourth-order valence-electron chi connectivity index (χ4n) is 3.95. The topological polar surface area (TPSA) is 66.5 Å². The zero-order valence-corrected chi connectivity index (χ0v) is 15.9. The highest BCUT2D eigenvalue weighted by Crippen LogP contribution is 2.28. The van der Waals surface area contributed by atoms with Gasteiger partial charge in [-0.2, -0.15) is 4.31 Å². The van der Waals surface area contributed by atoms with Crippen molar-refractivity contribution < 1.29 is 13.2 Å². The van der Waals surface area contributed by atoms with E-state index in [4.69, 9.17) is 0 Å². The average molecular weight is 365 g/mol. The molecule has 0 unspecified atom stereocenters. The number of carbonyl (C=O) groups is 1. The number of sulfonamides is 1. The Kier molecular flexibility index (Phi) is 5.49.